The molecule has 4 nitrogen and oxygen atoms in total. The van der Waals surface area contributed by atoms with Crippen molar-refractivity contribution in [2.45, 2.75) is 19.8 Å². The van der Waals surface area contributed by atoms with Crippen LogP contribution >= 0.6 is 0 Å². The predicted molar refractivity (Wildman–Crippen MR) is 68.6 cm³/mol. The molecule has 1 aromatic heterocycles. The minimum atomic E-state index is -1.00. The number of aromatic nitrogens is 2. The number of aromatic amines is 1. The van der Waals surface area contributed by atoms with E-state index in [4.69, 9.17) is 5.73 Å². The SMILES string of the molecule is CCCc1c(N)nc(-c2ccc(F)c(F)c2)[nH]c1=O. The van der Waals surface area contributed by atoms with Gasteiger partial charge in [0.15, 0.2) is 11.6 Å². The van der Waals surface area contributed by atoms with E-state index >= 15 is 0 Å². The lowest BCUT2D eigenvalue weighted by Crippen LogP contribution is -2.18. The molecule has 2 aromatic rings. The molecule has 0 aliphatic heterocycles. The average Bonchev–Trinajstić information content (AvgIpc) is 2.37. The summed E-state index contributed by atoms with van der Waals surface area (Å²) in [6, 6.07) is 3.27. The number of rotatable bonds is 3. The van der Waals surface area contributed by atoms with Crippen LogP contribution in [0.2, 0.25) is 0 Å². The van der Waals surface area contributed by atoms with E-state index in [1.54, 1.807) is 0 Å². The average molecular weight is 265 g/mol. The highest BCUT2D eigenvalue weighted by Gasteiger charge is 2.11. The van der Waals surface area contributed by atoms with Crippen LogP contribution in [0.4, 0.5) is 14.6 Å². The van der Waals surface area contributed by atoms with Crippen LogP contribution < -0.4 is 11.3 Å². The zero-order valence-electron chi connectivity index (χ0n) is 10.3. The predicted octanol–water partition coefficient (Wildman–Crippen LogP) is 2.25. The van der Waals surface area contributed by atoms with E-state index in [9.17, 15) is 13.6 Å². The summed E-state index contributed by atoms with van der Waals surface area (Å²) in [6.07, 6.45) is 1.28. The quantitative estimate of drug-likeness (QED) is 0.894. The second-order valence-corrected chi connectivity index (χ2v) is 4.16. The number of hydrogen-bond donors (Lipinski definition) is 2. The number of nitrogens with zero attached hydrogens (tertiary/aromatic N) is 1. The molecule has 0 aliphatic carbocycles. The van der Waals surface area contributed by atoms with Gasteiger partial charge < -0.3 is 10.7 Å². The Bertz CT molecular complexity index is 667. The zero-order valence-corrected chi connectivity index (χ0v) is 10.3. The fourth-order valence-electron chi connectivity index (χ4n) is 1.79. The van der Waals surface area contributed by atoms with E-state index in [0.29, 0.717) is 12.0 Å². The third kappa shape index (κ3) is 2.62. The van der Waals surface area contributed by atoms with Gasteiger partial charge in [0.25, 0.3) is 5.56 Å². The number of benzene rings is 1. The maximum atomic E-state index is 13.1. The summed E-state index contributed by atoms with van der Waals surface area (Å²) >= 11 is 0. The van der Waals surface area contributed by atoms with Crippen LogP contribution in [-0.2, 0) is 6.42 Å². The van der Waals surface area contributed by atoms with Crippen LogP contribution in [-0.4, -0.2) is 9.97 Å². The van der Waals surface area contributed by atoms with Crippen LogP contribution in [0.3, 0.4) is 0 Å². The van der Waals surface area contributed by atoms with Gasteiger partial charge >= 0.3 is 0 Å². The van der Waals surface area contributed by atoms with Crippen molar-refractivity contribution in [2.75, 3.05) is 5.73 Å². The first-order valence-electron chi connectivity index (χ1n) is 5.87. The highest BCUT2D eigenvalue weighted by molar-refractivity contribution is 5.57. The normalized spacial score (nSPS) is 10.7. The van der Waals surface area contributed by atoms with Gasteiger partial charge in [-0.2, -0.15) is 0 Å². The summed E-state index contributed by atoms with van der Waals surface area (Å²) in [6.45, 7) is 1.92. The third-order valence-corrected chi connectivity index (χ3v) is 2.74. The third-order valence-electron chi connectivity index (χ3n) is 2.74. The molecule has 0 radical (unpaired) electrons. The van der Waals surface area contributed by atoms with Crippen molar-refractivity contribution in [3.63, 3.8) is 0 Å². The molecule has 0 amide bonds. The van der Waals surface area contributed by atoms with Crippen LogP contribution in [0.1, 0.15) is 18.9 Å². The van der Waals surface area contributed by atoms with E-state index in [2.05, 4.69) is 9.97 Å². The zero-order chi connectivity index (χ0) is 14.0. The van der Waals surface area contributed by atoms with Crippen molar-refractivity contribution in [1.82, 2.24) is 9.97 Å². The second-order valence-electron chi connectivity index (χ2n) is 4.16. The Labute approximate surface area is 108 Å². The van der Waals surface area contributed by atoms with Crippen molar-refractivity contribution in [1.29, 1.82) is 0 Å². The molecule has 0 spiro atoms. The highest BCUT2D eigenvalue weighted by Crippen LogP contribution is 2.18. The highest BCUT2D eigenvalue weighted by atomic mass is 19.2. The number of nitrogens with two attached hydrogens (primary N) is 1. The molecular weight excluding hydrogens is 252 g/mol. The largest absolute Gasteiger partial charge is 0.383 e. The number of H-pyrrole nitrogens is 1. The lowest BCUT2D eigenvalue weighted by atomic mass is 10.1. The summed E-state index contributed by atoms with van der Waals surface area (Å²) in [7, 11) is 0. The lowest BCUT2D eigenvalue weighted by Gasteiger charge is -2.06. The minimum Gasteiger partial charge on any atom is -0.383 e. The fraction of sp³-hybridized carbons (Fsp3) is 0.231. The molecule has 0 fully saturated rings. The number of nitrogens with one attached hydrogen (secondary N) is 1. The second kappa shape index (κ2) is 5.17. The van der Waals surface area contributed by atoms with Crippen LogP contribution in [0.5, 0.6) is 0 Å². The Morgan fingerprint density at radius 3 is 2.63 bits per heavy atom. The van der Waals surface area contributed by atoms with Crippen molar-refractivity contribution in [3.05, 3.63) is 45.8 Å². The lowest BCUT2D eigenvalue weighted by molar-refractivity contribution is 0.509. The molecule has 0 saturated heterocycles. The van der Waals surface area contributed by atoms with Gasteiger partial charge in [-0.15, -0.1) is 0 Å². The Morgan fingerprint density at radius 2 is 2.05 bits per heavy atom. The van der Waals surface area contributed by atoms with E-state index < -0.39 is 11.6 Å². The molecule has 0 bridgehead atoms. The van der Waals surface area contributed by atoms with Gasteiger partial charge in [-0.25, -0.2) is 13.8 Å². The molecule has 1 aromatic carbocycles. The van der Waals surface area contributed by atoms with Crippen molar-refractivity contribution >= 4 is 5.82 Å². The molecule has 100 valence electrons. The number of nitrogen functional groups attached to an aromatic ring is 1. The summed E-state index contributed by atoms with van der Waals surface area (Å²) < 4.78 is 26.0. The molecule has 2 rings (SSSR count). The van der Waals surface area contributed by atoms with Crippen LogP contribution in [0.15, 0.2) is 23.0 Å². The number of hydrogen-bond acceptors (Lipinski definition) is 3. The summed E-state index contributed by atoms with van der Waals surface area (Å²) in [4.78, 5) is 18.4. The molecular formula is C13H13F2N3O. The van der Waals surface area contributed by atoms with Crippen molar-refractivity contribution in [2.24, 2.45) is 0 Å². The van der Waals surface area contributed by atoms with E-state index in [0.717, 1.165) is 18.6 Å². The Kier molecular flexibility index (Phi) is 3.59. The first kappa shape index (κ1) is 13.2. The Hall–Kier alpha value is -2.24. The topological polar surface area (TPSA) is 71.8 Å². The molecule has 3 N–H and O–H groups in total. The summed E-state index contributed by atoms with van der Waals surface area (Å²) in [5, 5.41) is 0. The molecule has 0 aliphatic rings. The first-order chi connectivity index (χ1) is 9.02. The van der Waals surface area contributed by atoms with Gasteiger partial charge in [-0.05, 0) is 24.6 Å². The number of anilines is 1. The van der Waals surface area contributed by atoms with Gasteiger partial charge in [0.05, 0.1) is 5.56 Å². The summed E-state index contributed by atoms with van der Waals surface area (Å²) in [5.74, 6) is -1.72. The maximum absolute atomic E-state index is 13.1. The van der Waals surface area contributed by atoms with Gasteiger partial charge in [-0.3, -0.25) is 4.79 Å². The van der Waals surface area contributed by atoms with Crippen LogP contribution in [0, 0.1) is 11.6 Å². The Balaban J connectivity index is 2.52. The van der Waals surface area contributed by atoms with Gasteiger partial charge in [0.2, 0.25) is 0 Å². The molecule has 0 saturated carbocycles. The Morgan fingerprint density at radius 1 is 1.32 bits per heavy atom. The molecule has 19 heavy (non-hydrogen) atoms. The molecule has 6 heteroatoms. The molecule has 0 unspecified atom stereocenters. The fourth-order valence-corrected chi connectivity index (χ4v) is 1.79. The molecule has 0 atom stereocenters. The summed E-state index contributed by atoms with van der Waals surface area (Å²) in [5.41, 5.74) is 6.04. The van der Waals surface area contributed by atoms with E-state index in [-0.39, 0.29) is 22.8 Å². The van der Waals surface area contributed by atoms with Crippen LogP contribution in [0.25, 0.3) is 11.4 Å². The maximum Gasteiger partial charge on any atom is 0.256 e. The van der Waals surface area contributed by atoms with Gasteiger partial charge in [0, 0.05) is 5.56 Å². The number of halogens is 2. The van der Waals surface area contributed by atoms with Crippen molar-refractivity contribution in [3.8, 4) is 11.4 Å². The van der Waals surface area contributed by atoms with Gasteiger partial charge in [-0.1, -0.05) is 13.3 Å². The first-order valence-corrected chi connectivity index (χ1v) is 5.87. The standard InChI is InChI=1S/C13H13F2N3O/c1-2-3-8-11(16)17-12(18-13(8)19)7-4-5-9(14)10(15)6-7/h4-6H,2-3H2,1H3,(H3,16,17,18,19). The monoisotopic (exact) mass is 265 g/mol. The molecule has 1 heterocycles. The minimum absolute atomic E-state index is 0.116. The van der Waals surface area contributed by atoms with E-state index in [1.807, 2.05) is 6.92 Å². The van der Waals surface area contributed by atoms with Crippen molar-refractivity contribution < 1.29 is 8.78 Å². The van der Waals surface area contributed by atoms with E-state index in [1.165, 1.54) is 6.07 Å². The smallest absolute Gasteiger partial charge is 0.256 e. The van der Waals surface area contributed by atoms with Gasteiger partial charge in [0.1, 0.15) is 11.6 Å².